The van der Waals surface area contributed by atoms with Gasteiger partial charge in [0.1, 0.15) is 11.8 Å². The van der Waals surface area contributed by atoms with Crippen molar-refractivity contribution in [2.45, 2.75) is 31.2 Å². The van der Waals surface area contributed by atoms with Crippen molar-refractivity contribution in [3.05, 3.63) is 23.8 Å². The first-order valence-electron chi connectivity index (χ1n) is 6.63. The van der Waals surface area contributed by atoms with E-state index in [-0.39, 0.29) is 0 Å². The summed E-state index contributed by atoms with van der Waals surface area (Å²) in [5.41, 5.74) is 1.24. The maximum absolute atomic E-state index is 13.2. The molecule has 0 radical (unpaired) electrons. The van der Waals surface area contributed by atoms with Crippen LogP contribution in [0.1, 0.15) is 24.5 Å². The highest BCUT2D eigenvalue weighted by molar-refractivity contribution is 5.58. The van der Waals surface area contributed by atoms with Crippen LogP contribution < -0.4 is 10.1 Å². The van der Waals surface area contributed by atoms with E-state index in [4.69, 9.17) is 9.47 Å². The Hall–Kier alpha value is -1.43. The van der Waals surface area contributed by atoms with Crippen molar-refractivity contribution in [2.24, 2.45) is 5.92 Å². The van der Waals surface area contributed by atoms with Crippen molar-refractivity contribution < 1.29 is 22.6 Å². The summed E-state index contributed by atoms with van der Waals surface area (Å²) in [6.07, 6.45) is -3.62. The van der Waals surface area contributed by atoms with Gasteiger partial charge in [-0.2, -0.15) is 13.2 Å². The van der Waals surface area contributed by atoms with Crippen LogP contribution in [0.5, 0.6) is 5.75 Å². The topological polar surface area (TPSA) is 30.5 Å². The third-order valence-electron chi connectivity index (χ3n) is 4.03. The molecule has 0 saturated carbocycles. The zero-order valence-corrected chi connectivity index (χ0v) is 11.0. The van der Waals surface area contributed by atoms with Crippen LogP contribution in [0.4, 0.5) is 18.9 Å². The first kappa shape index (κ1) is 13.5. The number of rotatable bonds is 1. The molecule has 1 saturated heterocycles. The maximum Gasteiger partial charge on any atom is 0.408 e. The van der Waals surface area contributed by atoms with Crippen LogP contribution in [0.3, 0.4) is 0 Å². The van der Waals surface area contributed by atoms with Gasteiger partial charge in [0.05, 0.1) is 13.2 Å². The predicted molar refractivity (Wildman–Crippen MR) is 67.9 cm³/mol. The van der Waals surface area contributed by atoms with Gasteiger partial charge in [-0.1, -0.05) is 0 Å². The van der Waals surface area contributed by atoms with Gasteiger partial charge in [-0.05, 0) is 31.0 Å². The van der Waals surface area contributed by atoms with Crippen LogP contribution >= 0.6 is 0 Å². The number of benzene rings is 1. The van der Waals surface area contributed by atoms with E-state index < -0.39 is 24.2 Å². The quantitative estimate of drug-likeness (QED) is 0.857. The van der Waals surface area contributed by atoms with E-state index in [2.05, 4.69) is 5.32 Å². The number of methoxy groups -OCH3 is 1. The first-order chi connectivity index (χ1) is 9.50. The molecule has 3 nitrogen and oxygen atoms in total. The Morgan fingerprint density at radius 3 is 2.85 bits per heavy atom. The summed E-state index contributed by atoms with van der Waals surface area (Å²) < 4.78 is 50.4. The Morgan fingerprint density at radius 1 is 1.35 bits per heavy atom. The van der Waals surface area contributed by atoms with E-state index in [0.29, 0.717) is 30.9 Å². The summed E-state index contributed by atoms with van der Waals surface area (Å²) in [5, 5.41) is 2.63. The number of alkyl halides is 3. The molecule has 2 aliphatic heterocycles. The lowest BCUT2D eigenvalue weighted by atomic mass is 9.79. The van der Waals surface area contributed by atoms with E-state index in [9.17, 15) is 13.2 Å². The second-order valence-electron chi connectivity index (χ2n) is 5.21. The number of hydrogen-bond acceptors (Lipinski definition) is 3. The van der Waals surface area contributed by atoms with Crippen LogP contribution in [-0.2, 0) is 4.74 Å². The number of ether oxygens (including phenoxy) is 2. The Labute approximate surface area is 115 Å². The molecule has 0 amide bonds. The summed E-state index contributed by atoms with van der Waals surface area (Å²) >= 11 is 0. The number of anilines is 1. The summed E-state index contributed by atoms with van der Waals surface area (Å²) in [4.78, 5) is 0. The fraction of sp³-hybridized carbons (Fsp3) is 0.571. The number of nitrogens with one attached hydrogen (secondary N) is 1. The van der Waals surface area contributed by atoms with Gasteiger partial charge in [0.25, 0.3) is 0 Å². The molecule has 2 heterocycles. The van der Waals surface area contributed by atoms with Gasteiger partial charge in [0.2, 0.25) is 0 Å². The van der Waals surface area contributed by atoms with Gasteiger partial charge >= 0.3 is 6.18 Å². The molecule has 3 atom stereocenters. The molecule has 0 aromatic heterocycles. The maximum atomic E-state index is 13.2. The molecule has 0 bridgehead atoms. The summed E-state index contributed by atoms with van der Waals surface area (Å²) in [6, 6.07) is 3.50. The van der Waals surface area contributed by atoms with Crippen LogP contribution in [-0.4, -0.2) is 25.9 Å². The summed E-state index contributed by atoms with van der Waals surface area (Å²) in [6.45, 7) is 0.502. The van der Waals surface area contributed by atoms with Crippen molar-refractivity contribution in [1.29, 1.82) is 0 Å². The smallest absolute Gasteiger partial charge is 0.408 e. The lowest BCUT2D eigenvalue weighted by molar-refractivity contribution is -0.175. The fourth-order valence-electron chi connectivity index (χ4n) is 3.10. The first-order valence-corrected chi connectivity index (χ1v) is 6.63. The van der Waals surface area contributed by atoms with E-state index in [1.165, 1.54) is 7.11 Å². The van der Waals surface area contributed by atoms with Gasteiger partial charge in [0.15, 0.2) is 0 Å². The Balaban J connectivity index is 2.03. The van der Waals surface area contributed by atoms with Crippen LogP contribution in [0, 0.1) is 5.92 Å². The minimum absolute atomic E-state index is 0.483. The average Bonchev–Trinajstić information content (AvgIpc) is 2.44. The molecule has 2 aliphatic rings. The van der Waals surface area contributed by atoms with Crippen molar-refractivity contribution in [2.75, 3.05) is 19.0 Å². The molecular weight excluding hydrogens is 271 g/mol. The molecule has 3 rings (SSSR count). The number of halogens is 3. The SMILES string of the molecule is COc1ccc2c(c1)[C@@H]1OCCCC1C(C(F)(F)F)N2. The zero-order valence-electron chi connectivity index (χ0n) is 11.0. The van der Waals surface area contributed by atoms with E-state index >= 15 is 0 Å². The molecule has 1 aromatic rings. The predicted octanol–water partition coefficient (Wildman–Crippen LogP) is 3.52. The van der Waals surface area contributed by atoms with E-state index in [1.807, 2.05) is 0 Å². The van der Waals surface area contributed by atoms with Gasteiger partial charge in [-0.25, -0.2) is 0 Å². The van der Waals surface area contributed by atoms with Crippen LogP contribution in [0.25, 0.3) is 0 Å². The molecular formula is C14H16F3NO2. The normalized spacial score (nSPS) is 29.1. The standard InChI is InChI=1S/C14H16F3NO2/c1-19-8-4-5-11-10(7-8)12-9(3-2-6-20-12)13(18-11)14(15,16)17/h4-5,7,9,12-13,18H,2-3,6H2,1H3/t9?,12-,13?/m1/s1. The highest BCUT2D eigenvalue weighted by Gasteiger charge is 2.51. The summed E-state index contributed by atoms with van der Waals surface area (Å²) in [5.74, 6) is 0.0484. The van der Waals surface area contributed by atoms with Gasteiger partial charge < -0.3 is 14.8 Å². The monoisotopic (exact) mass is 287 g/mol. The second kappa shape index (κ2) is 4.84. The molecule has 2 unspecified atom stereocenters. The molecule has 1 N–H and O–H groups in total. The Morgan fingerprint density at radius 2 is 2.15 bits per heavy atom. The lowest BCUT2D eigenvalue weighted by Crippen LogP contribution is -2.49. The molecule has 110 valence electrons. The zero-order chi connectivity index (χ0) is 14.3. The molecule has 0 aliphatic carbocycles. The van der Waals surface area contributed by atoms with Crippen molar-refractivity contribution >= 4 is 5.69 Å². The van der Waals surface area contributed by atoms with Gasteiger partial charge in [-0.3, -0.25) is 0 Å². The van der Waals surface area contributed by atoms with Crippen LogP contribution in [0.2, 0.25) is 0 Å². The van der Waals surface area contributed by atoms with E-state index in [0.717, 1.165) is 5.56 Å². The molecule has 20 heavy (non-hydrogen) atoms. The highest BCUT2D eigenvalue weighted by atomic mass is 19.4. The fourth-order valence-corrected chi connectivity index (χ4v) is 3.10. The number of fused-ring (bicyclic) bond motifs is 3. The van der Waals surface area contributed by atoms with E-state index in [1.54, 1.807) is 18.2 Å². The molecule has 1 fully saturated rings. The van der Waals surface area contributed by atoms with Gasteiger partial charge in [0, 0.05) is 23.8 Å². The molecule has 6 heteroatoms. The summed E-state index contributed by atoms with van der Waals surface area (Å²) in [7, 11) is 1.54. The van der Waals surface area contributed by atoms with Crippen molar-refractivity contribution in [3.8, 4) is 5.75 Å². The average molecular weight is 287 g/mol. The Kier molecular flexibility index (Phi) is 3.28. The van der Waals surface area contributed by atoms with Crippen molar-refractivity contribution in [1.82, 2.24) is 0 Å². The number of hydrogen-bond donors (Lipinski definition) is 1. The van der Waals surface area contributed by atoms with Crippen molar-refractivity contribution in [3.63, 3.8) is 0 Å². The third-order valence-corrected chi connectivity index (χ3v) is 4.03. The Bertz CT molecular complexity index is 504. The minimum Gasteiger partial charge on any atom is -0.497 e. The molecule has 1 aromatic carbocycles. The third kappa shape index (κ3) is 2.22. The second-order valence-corrected chi connectivity index (χ2v) is 5.21. The molecule has 0 spiro atoms. The highest BCUT2D eigenvalue weighted by Crippen LogP contribution is 2.48. The lowest BCUT2D eigenvalue weighted by Gasteiger charge is -2.43. The largest absolute Gasteiger partial charge is 0.497 e. The van der Waals surface area contributed by atoms with Gasteiger partial charge in [-0.15, -0.1) is 0 Å². The minimum atomic E-state index is -4.28. The van der Waals surface area contributed by atoms with Crippen LogP contribution in [0.15, 0.2) is 18.2 Å².